The summed E-state index contributed by atoms with van der Waals surface area (Å²) in [4.78, 5) is 14.7. The standard InChI is InChI=1S/C19H23N3O3S/c1-14-12-15-6-4-5-7-18(15)22(14)13-19(23)20-16-8-10-17(11-9-16)26(24,25)21(2)3/h4-11,14H,12-13H2,1-3H3,(H,20,23)/t14-/m1/s1. The second kappa shape index (κ2) is 7.09. The maximum atomic E-state index is 12.4. The highest BCUT2D eigenvalue weighted by Crippen LogP contribution is 2.31. The van der Waals surface area contributed by atoms with E-state index >= 15 is 0 Å². The van der Waals surface area contributed by atoms with Crippen molar-refractivity contribution in [3.63, 3.8) is 0 Å². The Bertz CT molecular complexity index is 908. The van der Waals surface area contributed by atoms with Crippen LogP contribution in [0, 0.1) is 0 Å². The number of anilines is 2. The molecule has 1 N–H and O–H groups in total. The van der Waals surface area contributed by atoms with E-state index in [-0.39, 0.29) is 23.4 Å². The third-order valence-electron chi connectivity index (χ3n) is 4.58. The highest BCUT2D eigenvalue weighted by molar-refractivity contribution is 7.89. The van der Waals surface area contributed by atoms with E-state index in [2.05, 4.69) is 23.2 Å². The molecular formula is C19H23N3O3S. The molecule has 0 aromatic heterocycles. The van der Waals surface area contributed by atoms with Crippen LogP contribution in [-0.2, 0) is 21.2 Å². The van der Waals surface area contributed by atoms with E-state index in [4.69, 9.17) is 0 Å². The fraction of sp³-hybridized carbons (Fsp3) is 0.316. The number of nitrogens with one attached hydrogen (secondary N) is 1. The van der Waals surface area contributed by atoms with Crippen LogP contribution >= 0.6 is 0 Å². The number of amides is 1. The molecule has 138 valence electrons. The van der Waals surface area contributed by atoms with Gasteiger partial charge in [-0.15, -0.1) is 0 Å². The van der Waals surface area contributed by atoms with Gasteiger partial charge in [0.15, 0.2) is 0 Å². The molecule has 1 amide bonds. The van der Waals surface area contributed by atoms with Gasteiger partial charge in [0.1, 0.15) is 0 Å². The quantitative estimate of drug-likeness (QED) is 0.873. The Morgan fingerprint density at radius 2 is 1.81 bits per heavy atom. The Balaban J connectivity index is 1.68. The van der Waals surface area contributed by atoms with Crippen LogP contribution in [0.3, 0.4) is 0 Å². The first kappa shape index (κ1) is 18.4. The number of para-hydroxylation sites is 1. The molecule has 2 aromatic carbocycles. The molecule has 0 bridgehead atoms. The summed E-state index contributed by atoms with van der Waals surface area (Å²) < 4.78 is 25.3. The van der Waals surface area contributed by atoms with Crippen LogP contribution in [0.5, 0.6) is 0 Å². The topological polar surface area (TPSA) is 69.7 Å². The Kier molecular flexibility index (Phi) is 5.02. The second-order valence-corrected chi connectivity index (χ2v) is 8.82. The number of benzene rings is 2. The van der Waals surface area contributed by atoms with Crippen molar-refractivity contribution in [2.45, 2.75) is 24.3 Å². The van der Waals surface area contributed by atoms with Crippen LogP contribution in [-0.4, -0.2) is 45.3 Å². The van der Waals surface area contributed by atoms with Gasteiger partial charge in [-0.2, -0.15) is 0 Å². The van der Waals surface area contributed by atoms with Crippen LogP contribution in [0.25, 0.3) is 0 Å². The van der Waals surface area contributed by atoms with Gasteiger partial charge in [-0.25, -0.2) is 12.7 Å². The number of carbonyl (C=O) groups is 1. The summed E-state index contributed by atoms with van der Waals surface area (Å²) in [6.45, 7) is 2.37. The minimum Gasteiger partial charge on any atom is -0.359 e. The van der Waals surface area contributed by atoms with Crippen molar-refractivity contribution in [2.24, 2.45) is 0 Å². The maximum Gasteiger partial charge on any atom is 0.243 e. The molecule has 26 heavy (non-hydrogen) atoms. The average molecular weight is 373 g/mol. The van der Waals surface area contributed by atoms with E-state index in [1.165, 1.54) is 31.8 Å². The Hall–Kier alpha value is -2.38. The molecule has 2 aromatic rings. The molecule has 1 aliphatic rings. The van der Waals surface area contributed by atoms with E-state index in [1.807, 2.05) is 18.2 Å². The third-order valence-corrected chi connectivity index (χ3v) is 6.41. The summed E-state index contributed by atoms with van der Waals surface area (Å²) in [6, 6.07) is 14.6. The minimum atomic E-state index is -3.47. The molecule has 1 atom stereocenters. The van der Waals surface area contributed by atoms with Crippen LogP contribution in [0.1, 0.15) is 12.5 Å². The van der Waals surface area contributed by atoms with Gasteiger partial charge in [0.05, 0.1) is 11.4 Å². The number of fused-ring (bicyclic) bond motifs is 1. The molecule has 0 aliphatic carbocycles. The fourth-order valence-corrected chi connectivity index (χ4v) is 4.05. The van der Waals surface area contributed by atoms with E-state index < -0.39 is 10.0 Å². The van der Waals surface area contributed by atoms with E-state index in [9.17, 15) is 13.2 Å². The number of rotatable bonds is 5. The molecule has 1 heterocycles. The van der Waals surface area contributed by atoms with E-state index in [1.54, 1.807) is 12.1 Å². The van der Waals surface area contributed by atoms with Crippen molar-refractivity contribution < 1.29 is 13.2 Å². The molecule has 0 saturated heterocycles. The number of carbonyl (C=O) groups excluding carboxylic acids is 1. The monoisotopic (exact) mass is 373 g/mol. The van der Waals surface area contributed by atoms with Gasteiger partial charge in [0, 0.05) is 31.5 Å². The summed E-state index contributed by atoms with van der Waals surface area (Å²) in [7, 11) is -0.497. The molecule has 0 unspecified atom stereocenters. The second-order valence-electron chi connectivity index (χ2n) is 6.67. The zero-order valence-electron chi connectivity index (χ0n) is 15.1. The predicted octanol–water partition coefficient (Wildman–Crippen LogP) is 2.33. The molecule has 6 nitrogen and oxygen atoms in total. The van der Waals surface area contributed by atoms with Crippen molar-refractivity contribution >= 4 is 27.3 Å². The summed E-state index contributed by atoms with van der Waals surface area (Å²) in [6.07, 6.45) is 0.931. The molecular weight excluding hydrogens is 350 g/mol. The molecule has 0 radical (unpaired) electrons. The Labute approximate surface area is 154 Å². The lowest BCUT2D eigenvalue weighted by Gasteiger charge is -2.24. The fourth-order valence-electron chi connectivity index (χ4n) is 3.15. The molecule has 1 aliphatic heterocycles. The van der Waals surface area contributed by atoms with Gasteiger partial charge in [0.2, 0.25) is 15.9 Å². The Morgan fingerprint density at radius 1 is 1.15 bits per heavy atom. The van der Waals surface area contributed by atoms with Crippen molar-refractivity contribution in [1.29, 1.82) is 0 Å². The van der Waals surface area contributed by atoms with Crippen molar-refractivity contribution in [3.05, 3.63) is 54.1 Å². The van der Waals surface area contributed by atoms with Crippen molar-refractivity contribution in [1.82, 2.24) is 4.31 Å². The number of nitrogens with zero attached hydrogens (tertiary/aromatic N) is 2. The molecule has 0 saturated carbocycles. The van der Waals surface area contributed by atoms with Crippen molar-refractivity contribution in [2.75, 3.05) is 30.9 Å². The van der Waals surface area contributed by atoms with Crippen molar-refractivity contribution in [3.8, 4) is 0 Å². The van der Waals surface area contributed by atoms with Gasteiger partial charge in [0.25, 0.3) is 0 Å². The van der Waals surface area contributed by atoms with Gasteiger partial charge in [-0.1, -0.05) is 18.2 Å². The maximum absolute atomic E-state index is 12.4. The molecule has 3 rings (SSSR count). The number of hydrogen-bond acceptors (Lipinski definition) is 4. The lowest BCUT2D eigenvalue weighted by molar-refractivity contribution is -0.115. The largest absolute Gasteiger partial charge is 0.359 e. The minimum absolute atomic E-state index is 0.128. The highest BCUT2D eigenvalue weighted by atomic mass is 32.2. The zero-order valence-corrected chi connectivity index (χ0v) is 16.0. The first-order valence-corrected chi connectivity index (χ1v) is 9.90. The van der Waals surface area contributed by atoms with Gasteiger partial charge < -0.3 is 10.2 Å². The molecule has 7 heteroatoms. The van der Waals surface area contributed by atoms with Gasteiger partial charge in [-0.05, 0) is 49.2 Å². The van der Waals surface area contributed by atoms with Crippen LogP contribution in [0.15, 0.2) is 53.4 Å². The van der Waals surface area contributed by atoms with Gasteiger partial charge >= 0.3 is 0 Å². The number of hydrogen-bond donors (Lipinski definition) is 1. The summed E-state index contributed by atoms with van der Waals surface area (Å²) in [5, 5.41) is 2.84. The van der Waals surface area contributed by atoms with E-state index in [0.29, 0.717) is 5.69 Å². The van der Waals surface area contributed by atoms with Crippen LogP contribution in [0.2, 0.25) is 0 Å². The predicted molar refractivity (Wildman–Crippen MR) is 103 cm³/mol. The smallest absolute Gasteiger partial charge is 0.243 e. The Morgan fingerprint density at radius 3 is 2.46 bits per heavy atom. The zero-order chi connectivity index (χ0) is 18.9. The summed E-state index contributed by atoms with van der Waals surface area (Å²) >= 11 is 0. The normalized spacial score (nSPS) is 16.6. The lowest BCUT2D eigenvalue weighted by atomic mass is 10.1. The highest BCUT2D eigenvalue weighted by Gasteiger charge is 2.27. The first-order chi connectivity index (χ1) is 12.3. The summed E-state index contributed by atoms with van der Waals surface area (Å²) in [5.41, 5.74) is 2.93. The summed E-state index contributed by atoms with van der Waals surface area (Å²) in [5.74, 6) is -0.128. The third kappa shape index (κ3) is 3.59. The van der Waals surface area contributed by atoms with Gasteiger partial charge in [-0.3, -0.25) is 4.79 Å². The SMILES string of the molecule is C[C@@H]1Cc2ccccc2N1CC(=O)Nc1ccc(S(=O)(=O)N(C)C)cc1. The lowest BCUT2D eigenvalue weighted by Crippen LogP contribution is -2.37. The number of sulfonamides is 1. The molecule has 0 fully saturated rings. The van der Waals surface area contributed by atoms with Crippen LogP contribution < -0.4 is 10.2 Å². The van der Waals surface area contributed by atoms with E-state index in [0.717, 1.165) is 16.4 Å². The van der Waals surface area contributed by atoms with Crippen LogP contribution in [0.4, 0.5) is 11.4 Å². The average Bonchev–Trinajstić information content (AvgIpc) is 2.91. The molecule has 0 spiro atoms. The first-order valence-electron chi connectivity index (χ1n) is 8.46.